The van der Waals surface area contributed by atoms with Crippen LogP contribution in [0, 0.1) is 5.92 Å². The number of hydrogen-bond acceptors (Lipinski definition) is 5. The number of carbonyl (C=O) groups excluding carboxylic acids is 3. The average molecular weight is 443 g/mol. The summed E-state index contributed by atoms with van der Waals surface area (Å²) in [7, 11) is 1.34. The minimum absolute atomic E-state index is 0.107. The van der Waals surface area contributed by atoms with Gasteiger partial charge in [0.1, 0.15) is 17.7 Å². The Morgan fingerprint density at radius 2 is 1.84 bits per heavy atom. The van der Waals surface area contributed by atoms with E-state index in [0.717, 1.165) is 5.56 Å². The van der Waals surface area contributed by atoms with Crippen LogP contribution in [0.1, 0.15) is 46.1 Å². The van der Waals surface area contributed by atoms with E-state index >= 15 is 0 Å². The zero-order valence-corrected chi connectivity index (χ0v) is 19.6. The Balaban J connectivity index is 1.97. The standard InChI is InChI=1S/C25H34N2O5/c1-6-19-13-12-18-14-15-26(24(30)32-25(2,3)4)21(18)22(28)27(19)20(23(29)31-5)16-17-10-8-7-9-11-17/h7-13,18-21H,6,14-16H2,1-5H3/t18-,19-,20-,21-/m1/s1. The molecule has 2 aliphatic heterocycles. The first-order valence-corrected chi connectivity index (χ1v) is 11.3. The van der Waals surface area contributed by atoms with Gasteiger partial charge in [-0.3, -0.25) is 9.69 Å². The maximum atomic E-state index is 14.0. The van der Waals surface area contributed by atoms with Crippen molar-refractivity contribution in [1.82, 2.24) is 9.80 Å². The lowest BCUT2D eigenvalue weighted by Gasteiger charge is -2.38. The van der Waals surface area contributed by atoms with Crippen molar-refractivity contribution in [1.29, 1.82) is 0 Å². The van der Waals surface area contributed by atoms with Crippen molar-refractivity contribution in [3.63, 3.8) is 0 Å². The Morgan fingerprint density at radius 1 is 1.16 bits per heavy atom. The Labute approximate surface area is 190 Å². The molecule has 0 saturated carbocycles. The first-order valence-electron chi connectivity index (χ1n) is 11.3. The van der Waals surface area contributed by atoms with Gasteiger partial charge < -0.3 is 14.4 Å². The Bertz CT molecular complexity index is 861. The normalized spacial score (nSPS) is 24.0. The molecule has 1 aromatic rings. The summed E-state index contributed by atoms with van der Waals surface area (Å²) in [5.74, 6) is -0.806. The third-order valence-corrected chi connectivity index (χ3v) is 6.02. The zero-order valence-electron chi connectivity index (χ0n) is 19.6. The van der Waals surface area contributed by atoms with E-state index in [9.17, 15) is 14.4 Å². The first kappa shape index (κ1) is 23.8. The quantitative estimate of drug-likeness (QED) is 0.515. The average Bonchev–Trinajstić information content (AvgIpc) is 3.12. The van der Waals surface area contributed by atoms with Gasteiger partial charge in [-0.25, -0.2) is 9.59 Å². The molecule has 0 N–H and O–H groups in total. The zero-order chi connectivity index (χ0) is 23.5. The van der Waals surface area contributed by atoms with Crippen molar-refractivity contribution < 1.29 is 23.9 Å². The molecule has 2 heterocycles. The molecule has 0 radical (unpaired) electrons. The molecule has 0 bridgehead atoms. The van der Waals surface area contributed by atoms with Gasteiger partial charge in [0.2, 0.25) is 5.91 Å². The molecule has 2 amide bonds. The molecule has 2 aliphatic rings. The maximum absolute atomic E-state index is 14.0. The summed E-state index contributed by atoms with van der Waals surface area (Å²) in [6.07, 6.45) is 5.20. The smallest absolute Gasteiger partial charge is 0.410 e. The minimum Gasteiger partial charge on any atom is -0.467 e. The van der Waals surface area contributed by atoms with Gasteiger partial charge in [0.25, 0.3) is 0 Å². The lowest BCUT2D eigenvalue weighted by atomic mass is 9.98. The van der Waals surface area contributed by atoms with Crippen molar-refractivity contribution >= 4 is 18.0 Å². The van der Waals surface area contributed by atoms with Crippen molar-refractivity contribution in [2.75, 3.05) is 13.7 Å². The van der Waals surface area contributed by atoms with E-state index in [1.165, 1.54) is 12.0 Å². The third-order valence-electron chi connectivity index (χ3n) is 6.02. The van der Waals surface area contributed by atoms with Gasteiger partial charge in [-0.2, -0.15) is 0 Å². The second-order valence-electron chi connectivity index (χ2n) is 9.41. The number of benzene rings is 1. The Kier molecular flexibility index (Phi) is 7.26. The molecule has 3 rings (SSSR count). The van der Waals surface area contributed by atoms with E-state index in [4.69, 9.17) is 9.47 Å². The van der Waals surface area contributed by atoms with Crippen LogP contribution in [0.4, 0.5) is 4.79 Å². The van der Waals surface area contributed by atoms with Crippen LogP contribution in [0.15, 0.2) is 42.5 Å². The molecule has 1 aromatic carbocycles. The SMILES string of the molecule is CC[C@@H]1C=C[C@@H]2CCN(C(=O)OC(C)(C)C)[C@H]2C(=O)N1[C@H](Cc1ccccc1)C(=O)OC. The highest BCUT2D eigenvalue weighted by atomic mass is 16.6. The number of methoxy groups -OCH3 is 1. The monoisotopic (exact) mass is 442 g/mol. The fraction of sp³-hybridized carbons (Fsp3) is 0.560. The van der Waals surface area contributed by atoms with E-state index < -0.39 is 29.7 Å². The lowest BCUT2D eigenvalue weighted by Crippen LogP contribution is -2.57. The van der Waals surface area contributed by atoms with Crippen molar-refractivity contribution in [3.05, 3.63) is 48.0 Å². The Hall–Kier alpha value is -2.83. The van der Waals surface area contributed by atoms with Gasteiger partial charge in [0.05, 0.1) is 13.2 Å². The molecule has 1 fully saturated rings. The molecule has 32 heavy (non-hydrogen) atoms. The van der Waals surface area contributed by atoms with Gasteiger partial charge in [-0.05, 0) is 39.2 Å². The molecule has 4 atom stereocenters. The highest BCUT2D eigenvalue weighted by Gasteiger charge is 2.48. The number of nitrogens with zero attached hydrogens (tertiary/aromatic N) is 2. The Morgan fingerprint density at radius 3 is 2.44 bits per heavy atom. The van der Waals surface area contributed by atoms with E-state index in [1.54, 1.807) is 25.7 Å². The number of amides is 2. The maximum Gasteiger partial charge on any atom is 0.410 e. The number of rotatable bonds is 5. The van der Waals surface area contributed by atoms with Crippen LogP contribution in [0.2, 0.25) is 0 Å². The number of carbonyl (C=O) groups is 3. The van der Waals surface area contributed by atoms with E-state index in [-0.39, 0.29) is 17.9 Å². The van der Waals surface area contributed by atoms with E-state index in [1.807, 2.05) is 49.4 Å². The highest BCUT2D eigenvalue weighted by molar-refractivity contribution is 5.91. The summed E-state index contributed by atoms with van der Waals surface area (Å²) < 4.78 is 10.7. The van der Waals surface area contributed by atoms with Crippen LogP contribution in [-0.2, 0) is 25.5 Å². The predicted octanol–water partition coefficient (Wildman–Crippen LogP) is 3.57. The van der Waals surface area contributed by atoms with Crippen molar-refractivity contribution in [2.45, 2.75) is 70.7 Å². The molecule has 1 saturated heterocycles. The van der Waals surface area contributed by atoms with Gasteiger partial charge in [0, 0.05) is 18.9 Å². The summed E-state index contributed by atoms with van der Waals surface area (Å²) in [5.41, 5.74) is 0.275. The molecule has 0 aliphatic carbocycles. The van der Waals surface area contributed by atoms with Crippen molar-refractivity contribution in [3.8, 4) is 0 Å². The molecule has 7 heteroatoms. The molecular formula is C25H34N2O5. The molecule has 7 nitrogen and oxygen atoms in total. The summed E-state index contributed by atoms with van der Waals surface area (Å²) in [4.78, 5) is 42.9. The van der Waals surface area contributed by atoms with E-state index in [2.05, 4.69) is 0 Å². The predicted molar refractivity (Wildman–Crippen MR) is 121 cm³/mol. The summed E-state index contributed by atoms with van der Waals surface area (Å²) >= 11 is 0. The number of esters is 1. The second-order valence-corrected chi connectivity index (χ2v) is 9.41. The van der Waals surface area contributed by atoms with E-state index in [0.29, 0.717) is 25.8 Å². The summed E-state index contributed by atoms with van der Waals surface area (Å²) in [6, 6.07) is 7.84. The second kappa shape index (κ2) is 9.76. The van der Waals surface area contributed by atoms with Gasteiger partial charge in [-0.15, -0.1) is 0 Å². The molecular weight excluding hydrogens is 408 g/mol. The van der Waals surface area contributed by atoms with Gasteiger partial charge in [-0.1, -0.05) is 49.4 Å². The summed E-state index contributed by atoms with van der Waals surface area (Å²) in [5, 5.41) is 0. The number of hydrogen-bond donors (Lipinski definition) is 0. The van der Waals surface area contributed by atoms with Gasteiger partial charge >= 0.3 is 12.1 Å². The topological polar surface area (TPSA) is 76.2 Å². The molecule has 0 unspecified atom stereocenters. The third kappa shape index (κ3) is 5.14. The lowest BCUT2D eigenvalue weighted by molar-refractivity contribution is -0.156. The molecule has 174 valence electrons. The van der Waals surface area contributed by atoms with Crippen LogP contribution >= 0.6 is 0 Å². The van der Waals surface area contributed by atoms with Crippen molar-refractivity contribution in [2.24, 2.45) is 5.92 Å². The first-order chi connectivity index (χ1) is 15.2. The van der Waals surface area contributed by atoms with Crippen LogP contribution in [0.5, 0.6) is 0 Å². The number of likely N-dealkylation sites (tertiary alicyclic amines) is 1. The molecule has 0 spiro atoms. The number of ether oxygens (including phenoxy) is 2. The highest BCUT2D eigenvalue weighted by Crippen LogP contribution is 2.34. The minimum atomic E-state index is -0.788. The van der Waals surface area contributed by atoms with Gasteiger partial charge in [0.15, 0.2) is 0 Å². The largest absolute Gasteiger partial charge is 0.467 e. The van der Waals surface area contributed by atoms with Crippen LogP contribution < -0.4 is 0 Å². The summed E-state index contributed by atoms with van der Waals surface area (Å²) in [6.45, 7) is 7.84. The molecule has 0 aromatic heterocycles. The van der Waals surface area contributed by atoms with Crippen LogP contribution in [-0.4, -0.2) is 65.2 Å². The fourth-order valence-electron chi connectivity index (χ4n) is 4.53. The fourth-order valence-corrected chi connectivity index (χ4v) is 4.53. The van der Waals surface area contributed by atoms with Crippen LogP contribution in [0.3, 0.4) is 0 Å². The number of fused-ring (bicyclic) bond motifs is 1. The van der Waals surface area contributed by atoms with Crippen LogP contribution in [0.25, 0.3) is 0 Å².